The summed E-state index contributed by atoms with van der Waals surface area (Å²) < 4.78 is 5.58. The zero-order valence-corrected chi connectivity index (χ0v) is 27.7. The Kier molecular flexibility index (Phi) is 14.6. The van der Waals surface area contributed by atoms with Crippen LogP contribution in [0.4, 0.5) is 5.13 Å². The molecule has 5 amide bonds. The molecule has 2 bridgehead atoms. The van der Waals surface area contributed by atoms with Crippen molar-refractivity contribution < 1.29 is 38.3 Å². The molecule has 0 unspecified atom stereocenters. The van der Waals surface area contributed by atoms with Gasteiger partial charge in [-0.3, -0.25) is 28.8 Å². The third-order valence-electron chi connectivity index (χ3n) is 6.94. The van der Waals surface area contributed by atoms with Gasteiger partial charge in [0.05, 0.1) is 0 Å². The first-order valence-corrected chi connectivity index (χ1v) is 16.2. The number of hydrogen-bond acceptors (Lipinski definition) is 11. The molecule has 3 aromatic rings. The molecule has 16 nitrogen and oxygen atoms in total. The zero-order valence-electron chi connectivity index (χ0n) is 26.9. The minimum atomic E-state index is -0.992. The smallest absolute Gasteiger partial charge is 0.300 e. The standard InChI is InChI=1S/C29H36N8O6S.C2H4O2/c1-17(2)24-28-34-21(15-43-28)25(40)30-13-7-6-10-19(32-22(38)11-12-23(39)35-29-37-31-16-44-29)26(41)33-20(27(42)36-24)14-18-8-4-3-5-9-18;1-2(3)4/h3-5,8-9,15-17,19-20,24H,6-7,10-14H2,1-2H3,(H,30,40)(H,32,38)(H,33,41)(H,36,42)(H,35,37,39);1H3,(H,3,4)/t19-,20-,24-;/m0./s1. The molecule has 3 heterocycles. The first-order chi connectivity index (χ1) is 22.9. The highest BCUT2D eigenvalue weighted by Crippen LogP contribution is 2.22. The molecule has 0 aliphatic carbocycles. The molecule has 0 spiro atoms. The number of fused-ring (bicyclic) bond motifs is 2. The van der Waals surface area contributed by atoms with Gasteiger partial charge in [-0.15, -0.1) is 10.2 Å². The number of rotatable bonds is 8. The molecule has 0 saturated carbocycles. The predicted molar refractivity (Wildman–Crippen MR) is 173 cm³/mol. The lowest BCUT2D eigenvalue weighted by Gasteiger charge is -2.26. The van der Waals surface area contributed by atoms with Crippen molar-refractivity contribution in [2.45, 2.75) is 77.4 Å². The average molecular weight is 685 g/mol. The summed E-state index contributed by atoms with van der Waals surface area (Å²) in [7, 11) is 0. The second-order valence-corrected chi connectivity index (χ2v) is 12.1. The molecule has 3 atom stereocenters. The summed E-state index contributed by atoms with van der Waals surface area (Å²) >= 11 is 1.15. The van der Waals surface area contributed by atoms with Gasteiger partial charge in [-0.2, -0.15) is 0 Å². The minimum absolute atomic E-state index is 0.0985. The van der Waals surface area contributed by atoms with Gasteiger partial charge in [0, 0.05) is 32.7 Å². The van der Waals surface area contributed by atoms with E-state index < -0.39 is 53.6 Å². The van der Waals surface area contributed by atoms with E-state index in [-0.39, 0.29) is 43.2 Å². The number of aromatic nitrogens is 3. The molecular weight excluding hydrogens is 644 g/mol. The Balaban J connectivity index is 0.00000148. The van der Waals surface area contributed by atoms with Crippen molar-refractivity contribution >= 4 is 52.0 Å². The molecule has 1 aliphatic heterocycles. The lowest BCUT2D eigenvalue weighted by atomic mass is 10.0. The summed E-state index contributed by atoms with van der Waals surface area (Å²) in [5.74, 6) is -3.15. The van der Waals surface area contributed by atoms with Crippen LogP contribution in [-0.4, -0.2) is 74.4 Å². The fourth-order valence-corrected chi connectivity index (χ4v) is 5.03. The van der Waals surface area contributed by atoms with E-state index in [1.165, 1.54) is 11.8 Å². The summed E-state index contributed by atoms with van der Waals surface area (Å²) in [4.78, 5) is 78.3. The van der Waals surface area contributed by atoms with Gasteiger partial charge in [-0.05, 0) is 30.7 Å². The summed E-state index contributed by atoms with van der Waals surface area (Å²) in [5.41, 5.74) is 2.39. The molecule has 6 N–H and O–H groups in total. The largest absolute Gasteiger partial charge is 0.481 e. The number of carboxylic acids is 1. The second kappa shape index (κ2) is 18.8. The molecule has 17 heteroatoms. The number of anilines is 1. The molecule has 1 aromatic carbocycles. The van der Waals surface area contributed by atoms with Gasteiger partial charge in [0.2, 0.25) is 34.7 Å². The van der Waals surface area contributed by atoms with Crippen molar-refractivity contribution in [1.82, 2.24) is 36.4 Å². The fourth-order valence-electron chi connectivity index (χ4n) is 4.57. The number of hydrogen-bond donors (Lipinski definition) is 6. The van der Waals surface area contributed by atoms with E-state index in [0.717, 1.165) is 23.8 Å². The Morgan fingerprint density at radius 3 is 2.42 bits per heavy atom. The Hall–Kier alpha value is -5.19. The van der Waals surface area contributed by atoms with Crippen LogP contribution >= 0.6 is 11.3 Å². The van der Waals surface area contributed by atoms with Crippen molar-refractivity contribution in [2.24, 2.45) is 5.92 Å². The SMILES string of the molecule is CC(=O)O.CC(C)[C@@H]1NC(=O)[C@H](Cc2ccccc2)NC(=O)[C@@H](NC(=O)CCC(=O)Nc2nncs2)CCCCNC(=O)c2coc1n2. The van der Waals surface area contributed by atoms with Crippen LogP contribution in [-0.2, 0) is 30.4 Å². The maximum absolute atomic E-state index is 13.7. The highest BCUT2D eigenvalue weighted by molar-refractivity contribution is 7.13. The van der Waals surface area contributed by atoms with Crippen LogP contribution in [0.15, 0.2) is 46.5 Å². The maximum Gasteiger partial charge on any atom is 0.300 e. The number of carbonyl (C=O) groups is 6. The van der Waals surface area contributed by atoms with Gasteiger partial charge >= 0.3 is 0 Å². The van der Waals surface area contributed by atoms with Crippen molar-refractivity contribution in [1.29, 1.82) is 0 Å². The summed E-state index contributed by atoms with van der Waals surface area (Å²) in [5, 5.41) is 28.9. The highest BCUT2D eigenvalue weighted by Gasteiger charge is 2.31. The van der Waals surface area contributed by atoms with Crippen LogP contribution in [0.5, 0.6) is 0 Å². The van der Waals surface area contributed by atoms with Gasteiger partial charge in [0.15, 0.2) is 5.69 Å². The summed E-state index contributed by atoms with van der Waals surface area (Å²) in [6.45, 7) is 5.14. The average Bonchev–Trinajstić information content (AvgIpc) is 3.74. The number of oxazole rings is 1. The normalized spacial score (nSPS) is 18.8. The Morgan fingerprint density at radius 1 is 1.04 bits per heavy atom. The summed E-state index contributed by atoms with van der Waals surface area (Å²) in [6, 6.07) is 6.59. The molecule has 258 valence electrons. The van der Waals surface area contributed by atoms with Gasteiger partial charge in [-0.25, -0.2) is 4.98 Å². The second-order valence-electron chi connectivity index (χ2n) is 11.2. The molecule has 1 aliphatic rings. The quantitative estimate of drug-likeness (QED) is 0.201. The maximum atomic E-state index is 13.7. The van der Waals surface area contributed by atoms with E-state index >= 15 is 0 Å². The highest BCUT2D eigenvalue weighted by atomic mass is 32.1. The fraction of sp³-hybridized carbons (Fsp3) is 0.452. The Bertz CT molecular complexity index is 1530. The third kappa shape index (κ3) is 12.5. The molecule has 0 fully saturated rings. The number of carbonyl (C=O) groups excluding carboxylic acids is 5. The number of nitrogens with zero attached hydrogens (tertiary/aromatic N) is 3. The predicted octanol–water partition coefficient (Wildman–Crippen LogP) is 1.98. The molecule has 0 saturated heterocycles. The topological polar surface area (TPSA) is 235 Å². The molecular formula is C31H40N8O8S. The van der Waals surface area contributed by atoms with Crippen LogP contribution in [0.3, 0.4) is 0 Å². The monoisotopic (exact) mass is 684 g/mol. The van der Waals surface area contributed by atoms with Crippen molar-refractivity contribution in [3.63, 3.8) is 0 Å². The molecule has 0 radical (unpaired) electrons. The van der Waals surface area contributed by atoms with Gasteiger partial charge in [0.1, 0.15) is 29.9 Å². The molecule has 48 heavy (non-hydrogen) atoms. The van der Waals surface area contributed by atoms with E-state index in [0.29, 0.717) is 24.5 Å². The lowest BCUT2D eigenvalue weighted by molar-refractivity contribution is -0.134. The molecule has 2 aromatic heterocycles. The minimum Gasteiger partial charge on any atom is -0.481 e. The number of benzene rings is 1. The lowest BCUT2D eigenvalue weighted by Crippen LogP contribution is -2.55. The summed E-state index contributed by atoms with van der Waals surface area (Å²) in [6.07, 6.45) is 2.40. The van der Waals surface area contributed by atoms with Crippen LogP contribution in [0.25, 0.3) is 0 Å². The van der Waals surface area contributed by atoms with Crippen molar-refractivity contribution in [3.8, 4) is 0 Å². The molecule has 4 rings (SSSR count). The number of nitrogens with one attached hydrogen (secondary N) is 5. The van der Waals surface area contributed by atoms with Crippen LogP contribution in [0, 0.1) is 5.92 Å². The van der Waals surface area contributed by atoms with E-state index in [4.69, 9.17) is 14.3 Å². The third-order valence-corrected chi connectivity index (χ3v) is 7.55. The number of amides is 5. The zero-order chi connectivity index (χ0) is 35.1. The van der Waals surface area contributed by atoms with Gasteiger partial charge in [0.25, 0.3) is 11.9 Å². The van der Waals surface area contributed by atoms with Crippen LogP contribution in [0.1, 0.15) is 80.9 Å². The first kappa shape index (κ1) is 37.3. The Labute approximate surface area is 280 Å². The number of aliphatic carboxylic acids is 1. The Morgan fingerprint density at radius 2 is 1.75 bits per heavy atom. The number of carboxylic acid groups (broad SMARTS) is 1. The van der Waals surface area contributed by atoms with Gasteiger partial charge < -0.3 is 36.1 Å². The van der Waals surface area contributed by atoms with Crippen molar-refractivity contribution in [2.75, 3.05) is 11.9 Å². The van der Waals surface area contributed by atoms with E-state index in [1.807, 2.05) is 44.2 Å². The van der Waals surface area contributed by atoms with E-state index in [9.17, 15) is 24.0 Å². The van der Waals surface area contributed by atoms with Crippen LogP contribution < -0.4 is 26.6 Å². The van der Waals surface area contributed by atoms with E-state index in [1.54, 1.807) is 0 Å². The van der Waals surface area contributed by atoms with Gasteiger partial charge in [-0.1, -0.05) is 55.5 Å². The van der Waals surface area contributed by atoms with E-state index in [2.05, 4.69) is 41.8 Å². The first-order valence-electron chi connectivity index (χ1n) is 15.4. The van der Waals surface area contributed by atoms with Crippen molar-refractivity contribution in [3.05, 3.63) is 59.3 Å². The van der Waals surface area contributed by atoms with Crippen LogP contribution in [0.2, 0.25) is 0 Å².